The van der Waals surface area contributed by atoms with Gasteiger partial charge >= 0.3 is 0 Å². The van der Waals surface area contributed by atoms with Crippen molar-refractivity contribution < 1.29 is 4.39 Å². The normalized spacial score (nSPS) is 13.1. The summed E-state index contributed by atoms with van der Waals surface area (Å²) in [7, 11) is 0. The molecule has 0 saturated heterocycles. The lowest BCUT2D eigenvalue weighted by atomic mass is 10.1. The van der Waals surface area contributed by atoms with Crippen LogP contribution in [0.2, 0.25) is 0 Å². The largest absolute Gasteiger partial charge is 0.328 e. The zero-order valence-electron chi connectivity index (χ0n) is 11.7. The topological polar surface area (TPSA) is 43.8 Å². The molecule has 104 valence electrons. The second kappa shape index (κ2) is 6.15. The molecule has 0 aliphatic heterocycles. The first-order chi connectivity index (χ1) is 9.15. The van der Waals surface area contributed by atoms with E-state index in [4.69, 9.17) is 5.73 Å². The van der Waals surface area contributed by atoms with Crippen LogP contribution in [0, 0.1) is 5.82 Å². The van der Waals surface area contributed by atoms with Crippen LogP contribution < -0.4 is 5.73 Å². The molecule has 1 aromatic heterocycles. The van der Waals surface area contributed by atoms with Crippen LogP contribution >= 0.6 is 0 Å². The molecule has 1 heterocycles. The lowest BCUT2D eigenvalue weighted by Crippen LogP contribution is -2.24. The highest BCUT2D eigenvalue weighted by Crippen LogP contribution is 2.19. The van der Waals surface area contributed by atoms with Gasteiger partial charge in [-0.2, -0.15) is 0 Å². The molecule has 4 heteroatoms. The highest BCUT2D eigenvalue weighted by Gasteiger charge is 2.13. The zero-order valence-corrected chi connectivity index (χ0v) is 11.7. The quantitative estimate of drug-likeness (QED) is 0.869. The number of hydrogen-bond donors (Lipinski definition) is 1. The number of halogens is 1. The number of imidazole rings is 1. The summed E-state index contributed by atoms with van der Waals surface area (Å²) in [5.74, 6) is 0.762. The van der Waals surface area contributed by atoms with Gasteiger partial charge in [0.15, 0.2) is 0 Å². The van der Waals surface area contributed by atoms with Crippen molar-refractivity contribution in [1.29, 1.82) is 0 Å². The van der Waals surface area contributed by atoms with Gasteiger partial charge in [0.2, 0.25) is 0 Å². The highest BCUT2D eigenvalue weighted by atomic mass is 19.1. The van der Waals surface area contributed by atoms with E-state index in [1.54, 1.807) is 12.1 Å². The van der Waals surface area contributed by atoms with Gasteiger partial charge in [-0.25, -0.2) is 9.37 Å². The molecule has 2 aromatic rings. The van der Waals surface area contributed by atoms with Gasteiger partial charge in [0.25, 0.3) is 0 Å². The number of rotatable bonds is 6. The molecular formula is C15H22FN3. The number of hydrogen-bond acceptors (Lipinski definition) is 2. The minimum atomic E-state index is -0.214. The predicted octanol–water partition coefficient (Wildman–Crippen LogP) is 3.26. The van der Waals surface area contributed by atoms with Crippen molar-refractivity contribution in [3.05, 3.63) is 29.8 Å². The first-order valence-corrected chi connectivity index (χ1v) is 7.06. The fraction of sp³-hybridized carbons (Fsp3) is 0.533. The average molecular weight is 263 g/mol. The standard InChI is InChI=1S/C15H22FN3/c1-3-5-12(17)10-15-18-13-7-6-11(16)9-14(13)19(15)8-4-2/h6-7,9,12H,3-5,8,10,17H2,1-2H3. The van der Waals surface area contributed by atoms with Crippen LogP contribution in [0.15, 0.2) is 18.2 Å². The number of fused-ring (bicyclic) bond motifs is 1. The molecule has 2 rings (SSSR count). The third-order valence-electron chi connectivity index (χ3n) is 3.34. The lowest BCUT2D eigenvalue weighted by Gasteiger charge is -2.12. The molecule has 1 aromatic carbocycles. The molecular weight excluding hydrogens is 241 g/mol. The fourth-order valence-corrected chi connectivity index (χ4v) is 2.48. The van der Waals surface area contributed by atoms with Gasteiger partial charge in [-0.3, -0.25) is 0 Å². The van der Waals surface area contributed by atoms with Crippen molar-refractivity contribution in [2.45, 2.75) is 52.1 Å². The summed E-state index contributed by atoms with van der Waals surface area (Å²) in [6, 6.07) is 4.89. The summed E-state index contributed by atoms with van der Waals surface area (Å²) in [6.07, 6.45) is 3.82. The van der Waals surface area contributed by atoms with Crippen LogP contribution in [-0.2, 0) is 13.0 Å². The van der Waals surface area contributed by atoms with Crippen LogP contribution in [0.1, 0.15) is 38.9 Å². The molecule has 2 N–H and O–H groups in total. The summed E-state index contributed by atoms with van der Waals surface area (Å²) in [5.41, 5.74) is 7.84. The molecule has 0 fully saturated rings. The molecule has 19 heavy (non-hydrogen) atoms. The maximum absolute atomic E-state index is 13.4. The Hall–Kier alpha value is -1.42. The number of nitrogens with two attached hydrogens (primary N) is 1. The summed E-state index contributed by atoms with van der Waals surface area (Å²) in [4.78, 5) is 4.61. The van der Waals surface area contributed by atoms with Crippen LogP contribution in [0.3, 0.4) is 0 Å². The summed E-state index contributed by atoms with van der Waals surface area (Å²) >= 11 is 0. The lowest BCUT2D eigenvalue weighted by molar-refractivity contribution is 0.557. The van der Waals surface area contributed by atoms with Crippen molar-refractivity contribution in [2.75, 3.05) is 0 Å². The Morgan fingerprint density at radius 1 is 1.32 bits per heavy atom. The van der Waals surface area contributed by atoms with E-state index in [-0.39, 0.29) is 11.9 Å². The van der Waals surface area contributed by atoms with E-state index >= 15 is 0 Å². The summed E-state index contributed by atoms with van der Waals surface area (Å²) in [5, 5.41) is 0. The Morgan fingerprint density at radius 2 is 2.11 bits per heavy atom. The highest BCUT2D eigenvalue weighted by molar-refractivity contribution is 5.76. The molecule has 0 amide bonds. The fourth-order valence-electron chi connectivity index (χ4n) is 2.48. The van der Waals surface area contributed by atoms with Gasteiger partial charge in [0.1, 0.15) is 11.6 Å². The smallest absolute Gasteiger partial charge is 0.125 e. The van der Waals surface area contributed by atoms with Crippen molar-refractivity contribution in [2.24, 2.45) is 5.73 Å². The number of aryl methyl sites for hydroxylation is 1. The first-order valence-electron chi connectivity index (χ1n) is 7.06. The van der Waals surface area contributed by atoms with E-state index in [2.05, 4.69) is 23.4 Å². The third kappa shape index (κ3) is 3.13. The van der Waals surface area contributed by atoms with Gasteiger partial charge in [0, 0.05) is 19.0 Å². The van der Waals surface area contributed by atoms with Gasteiger partial charge in [0.05, 0.1) is 11.0 Å². The molecule has 0 saturated carbocycles. The number of benzene rings is 1. The Balaban J connectivity index is 2.38. The number of aromatic nitrogens is 2. The van der Waals surface area contributed by atoms with E-state index in [0.717, 1.165) is 49.1 Å². The summed E-state index contributed by atoms with van der Waals surface area (Å²) < 4.78 is 15.5. The van der Waals surface area contributed by atoms with Crippen molar-refractivity contribution in [1.82, 2.24) is 9.55 Å². The molecule has 0 aliphatic rings. The molecule has 0 bridgehead atoms. The van der Waals surface area contributed by atoms with Crippen LogP contribution in [0.4, 0.5) is 4.39 Å². The SMILES string of the molecule is CCCC(N)Cc1nc2ccc(F)cc2n1CCC. The monoisotopic (exact) mass is 263 g/mol. The zero-order chi connectivity index (χ0) is 13.8. The predicted molar refractivity (Wildman–Crippen MR) is 76.6 cm³/mol. The number of nitrogens with zero attached hydrogens (tertiary/aromatic N) is 2. The van der Waals surface area contributed by atoms with Crippen LogP contribution in [-0.4, -0.2) is 15.6 Å². The Labute approximate surface area is 113 Å². The molecule has 1 unspecified atom stereocenters. The molecule has 0 aliphatic carbocycles. The van der Waals surface area contributed by atoms with E-state index in [1.165, 1.54) is 6.07 Å². The minimum absolute atomic E-state index is 0.127. The minimum Gasteiger partial charge on any atom is -0.328 e. The van der Waals surface area contributed by atoms with Crippen LogP contribution in [0.25, 0.3) is 11.0 Å². The Kier molecular flexibility index (Phi) is 4.53. The summed E-state index contributed by atoms with van der Waals surface area (Å²) in [6.45, 7) is 5.10. The molecule has 1 atom stereocenters. The van der Waals surface area contributed by atoms with Gasteiger partial charge in [-0.05, 0) is 31.0 Å². The van der Waals surface area contributed by atoms with Gasteiger partial charge < -0.3 is 10.3 Å². The maximum Gasteiger partial charge on any atom is 0.125 e. The van der Waals surface area contributed by atoms with E-state index in [9.17, 15) is 4.39 Å². The molecule has 0 radical (unpaired) electrons. The van der Waals surface area contributed by atoms with Crippen molar-refractivity contribution in [3.8, 4) is 0 Å². The molecule has 3 nitrogen and oxygen atoms in total. The third-order valence-corrected chi connectivity index (χ3v) is 3.34. The second-order valence-corrected chi connectivity index (χ2v) is 5.07. The van der Waals surface area contributed by atoms with E-state index < -0.39 is 0 Å². The van der Waals surface area contributed by atoms with Gasteiger partial charge in [-0.1, -0.05) is 20.3 Å². The maximum atomic E-state index is 13.4. The van der Waals surface area contributed by atoms with Crippen LogP contribution in [0.5, 0.6) is 0 Å². The first kappa shape index (κ1) is 14.0. The second-order valence-electron chi connectivity index (χ2n) is 5.07. The van der Waals surface area contributed by atoms with Gasteiger partial charge in [-0.15, -0.1) is 0 Å². The van der Waals surface area contributed by atoms with Crippen molar-refractivity contribution in [3.63, 3.8) is 0 Å². The van der Waals surface area contributed by atoms with Crippen molar-refractivity contribution >= 4 is 11.0 Å². The van der Waals surface area contributed by atoms with E-state index in [1.807, 2.05) is 0 Å². The Morgan fingerprint density at radius 3 is 2.79 bits per heavy atom. The molecule has 0 spiro atoms. The van der Waals surface area contributed by atoms with E-state index in [0.29, 0.717) is 0 Å². The Bertz CT molecular complexity index is 548. The average Bonchev–Trinajstić information content (AvgIpc) is 2.68.